The highest BCUT2D eigenvalue weighted by molar-refractivity contribution is 7.90. The maximum absolute atomic E-state index is 12.8. The Bertz CT molecular complexity index is 891. The highest BCUT2D eigenvalue weighted by Crippen LogP contribution is 2.23. The first kappa shape index (κ1) is 18.1. The van der Waals surface area contributed by atoms with Gasteiger partial charge in [-0.3, -0.25) is 4.79 Å². The summed E-state index contributed by atoms with van der Waals surface area (Å²) in [4.78, 5) is 23.6. The summed E-state index contributed by atoms with van der Waals surface area (Å²) in [6, 6.07) is 8.42. The molecule has 5 nitrogen and oxygen atoms in total. The predicted octanol–water partition coefficient (Wildman–Crippen LogP) is 2.92. The highest BCUT2D eigenvalue weighted by atomic mass is 35.5. The summed E-state index contributed by atoms with van der Waals surface area (Å²) >= 11 is 5.79. The number of benzene rings is 2. The molecule has 0 fully saturated rings. The van der Waals surface area contributed by atoms with Gasteiger partial charge in [0.2, 0.25) is 0 Å². The van der Waals surface area contributed by atoms with Crippen molar-refractivity contribution in [2.24, 2.45) is 0 Å². The van der Waals surface area contributed by atoms with Gasteiger partial charge in [0.15, 0.2) is 22.2 Å². The minimum absolute atomic E-state index is 0.0172. The molecular weight excluding hydrogens is 359 g/mol. The van der Waals surface area contributed by atoms with Crippen molar-refractivity contribution in [1.29, 1.82) is 0 Å². The molecule has 0 aliphatic carbocycles. The Morgan fingerprint density at radius 2 is 1.67 bits per heavy atom. The van der Waals surface area contributed by atoms with Crippen LogP contribution in [0.2, 0.25) is 5.02 Å². The molecule has 126 valence electrons. The molecule has 0 aliphatic heterocycles. The summed E-state index contributed by atoms with van der Waals surface area (Å²) in [5.41, 5.74) is 0.142. The van der Waals surface area contributed by atoms with Gasteiger partial charge in [-0.1, -0.05) is 11.6 Å². The number of ketones is 1. The lowest BCUT2D eigenvalue weighted by molar-refractivity contribution is 0.0474. The molecule has 2 aromatic carbocycles. The van der Waals surface area contributed by atoms with E-state index in [4.69, 9.17) is 16.3 Å². The molecule has 0 aliphatic rings. The number of rotatable bonds is 5. The number of carbonyl (C=O) groups excluding carboxylic acids is 2. The van der Waals surface area contributed by atoms with Crippen LogP contribution in [0.15, 0.2) is 47.4 Å². The van der Waals surface area contributed by atoms with Crippen LogP contribution in [0, 0.1) is 5.82 Å². The smallest absolute Gasteiger partial charge is 0.338 e. The van der Waals surface area contributed by atoms with Crippen LogP contribution in [0.25, 0.3) is 0 Å². The van der Waals surface area contributed by atoms with Gasteiger partial charge >= 0.3 is 5.97 Å². The highest BCUT2D eigenvalue weighted by Gasteiger charge is 2.17. The fourth-order valence-corrected chi connectivity index (χ4v) is 3.15. The van der Waals surface area contributed by atoms with Crippen molar-refractivity contribution in [2.75, 3.05) is 12.9 Å². The second-order valence-electron chi connectivity index (χ2n) is 4.92. The Hall–Kier alpha value is -2.25. The molecule has 0 radical (unpaired) electrons. The van der Waals surface area contributed by atoms with E-state index in [-0.39, 0.29) is 21.0 Å². The van der Waals surface area contributed by atoms with Gasteiger partial charge in [-0.25, -0.2) is 17.6 Å². The molecule has 0 N–H and O–H groups in total. The molecule has 0 aromatic heterocycles. The Balaban J connectivity index is 2.10. The van der Waals surface area contributed by atoms with Crippen LogP contribution in [-0.2, 0) is 14.6 Å². The van der Waals surface area contributed by atoms with E-state index in [2.05, 4.69) is 0 Å². The summed E-state index contributed by atoms with van der Waals surface area (Å²) in [7, 11) is -3.61. The second kappa shape index (κ2) is 7.11. The molecule has 0 amide bonds. The van der Waals surface area contributed by atoms with E-state index in [0.717, 1.165) is 24.5 Å². The van der Waals surface area contributed by atoms with Crippen molar-refractivity contribution in [3.63, 3.8) is 0 Å². The van der Waals surface area contributed by atoms with Crippen LogP contribution in [0.5, 0.6) is 0 Å². The molecule has 0 heterocycles. The van der Waals surface area contributed by atoms with Crippen LogP contribution in [-0.4, -0.2) is 33.0 Å². The molecule has 2 rings (SSSR count). The van der Waals surface area contributed by atoms with Crippen molar-refractivity contribution >= 4 is 33.2 Å². The van der Waals surface area contributed by atoms with Crippen molar-refractivity contribution in [3.8, 4) is 0 Å². The zero-order valence-electron chi connectivity index (χ0n) is 12.5. The normalized spacial score (nSPS) is 11.1. The van der Waals surface area contributed by atoms with E-state index in [9.17, 15) is 22.4 Å². The summed E-state index contributed by atoms with van der Waals surface area (Å²) in [6.45, 7) is -0.554. The lowest BCUT2D eigenvalue weighted by atomic mass is 10.1. The minimum Gasteiger partial charge on any atom is -0.454 e. The van der Waals surface area contributed by atoms with Gasteiger partial charge in [0, 0.05) is 11.8 Å². The Labute approximate surface area is 142 Å². The molecule has 0 saturated carbocycles. The number of hydrogen-bond acceptors (Lipinski definition) is 5. The van der Waals surface area contributed by atoms with E-state index >= 15 is 0 Å². The van der Waals surface area contributed by atoms with Crippen LogP contribution < -0.4 is 0 Å². The standard InChI is InChI=1S/C16H12ClFO5S/c1-24(21,22)15-8-11(4-7-13(15)17)16(20)23-9-14(19)10-2-5-12(18)6-3-10/h2-8H,9H2,1H3. The molecule has 0 saturated heterocycles. The molecule has 0 unspecified atom stereocenters. The summed E-state index contributed by atoms with van der Waals surface area (Å²) in [6.07, 6.45) is 0.960. The average Bonchev–Trinajstić information content (AvgIpc) is 2.52. The van der Waals surface area contributed by atoms with Gasteiger partial charge < -0.3 is 4.74 Å². The van der Waals surface area contributed by atoms with Crippen LogP contribution in [0.3, 0.4) is 0 Å². The van der Waals surface area contributed by atoms with Gasteiger partial charge in [0.1, 0.15) is 5.82 Å². The van der Waals surface area contributed by atoms with E-state index < -0.39 is 34.0 Å². The number of halogens is 2. The zero-order chi connectivity index (χ0) is 17.9. The van der Waals surface area contributed by atoms with E-state index in [1.165, 1.54) is 24.3 Å². The first-order valence-electron chi connectivity index (χ1n) is 6.64. The predicted molar refractivity (Wildman–Crippen MR) is 85.6 cm³/mol. The lowest BCUT2D eigenvalue weighted by Crippen LogP contribution is -2.14. The largest absolute Gasteiger partial charge is 0.454 e. The maximum Gasteiger partial charge on any atom is 0.338 e. The lowest BCUT2D eigenvalue weighted by Gasteiger charge is -2.07. The minimum atomic E-state index is -3.61. The number of sulfone groups is 1. The molecule has 8 heteroatoms. The maximum atomic E-state index is 12.8. The van der Waals surface area contributed by atoms with Crippen LogP contribution >= 0.6 is 11.6 Å². The number of hydrogen-bond donors (Lipinski definition) is 0. The van der Waals surface area contributed by atoms with E-state index in [1.807, 2.05) is 0 Å². The molecule has 0 spiro atoms. The SMILES string of the molecule is CS(=O)(=O)c1cc(C(=O)OCC(=O)c2ccc(F)cc2)ccc1Cl. The molecule has 24 heavy (non-hydrogen) atoms. The quantitative estimate of drug-likeness (QED) is 0.597. The third-order valence-electron chi connectivity index (χ3n) is 3.07. The van der Waals surface area contributed by atoms with Crippen LogP contribution in [0.1, 0.15) is 20.7 Å². The molecule has 2 aromatic rings. The Morgan fingerprint density at radius 3 is 2.25 bits per heavy atom. The van der Waals surface area contributed by atoms with Crippen LogP contribution in [0.4, 0.5) is 4.39 Å². The average molecular weight is 371 g/mol. The van der Waals surface area contributed by atoms with E-state index in [0.29, 0.717) is 0 Å². The van der Waals surface area contributed by atoms with Gasteiger partial charge in [-0.2, -0.15) is 0 Å². The molecular formula is C16H12ClFO5S. The topological polar surface area (TPSA) is 77.5 Å². The first-order valence-corrected chi connectivity index (χ1v) is 8.91. The van der Waals surface area contributed by atoms with Crippen molar-refractivity contribution in [3.05, 3.63) is 64.4 Å². The van der Waals surface area contributed by atoms with E-state index in [1.54, 1.807) is 0 Å². The number of esters is 1. The summed E-state index contributed by atoms with van der Waals surface area (Å²) < 4.78 is 40.8. The number of Topliss-reactive ketones (excluding diaryl/α,β-unsaturated/α-hetero) is 1. The molecule has 0 atom stereocenters. The summed E-state index contributed by atoms with van der Waals surface area (Å²) in [5.74, 6) is -1.87. The third kappa shape index (κ3) is 4.39. The third-order valence-corrected chi connectivity index (χ3v) is 4.65. The van der Waals surface area contributed by atoms with Gasteiger partial charge in [-0.15, -0.1) is 0 Å². The Kier molecular flexibility index (Phi) is 5.36. The Morgan fingerprint density at radius 1 is 1.08 bits per heavy atom. The van der Waals surface area contributed by atoms with Gasteiger partial charge in [0.25, 0.3) is 0 Å². The first-order chi connectivity index (χ1) is 11.2. The second-order valence-corrected chi connectivity index (χ2v) is 7.31. The van der Waals surface area contributed by atoms with Gasteiger partial charge in [-0.05, 0) is 42.5 Å². The molecule has 0 bridgehead atoms. The van der Waals surface area contributed by atoms with Gasteiger partial charge in [0.05, 0.1) is 15.5 Å². The fourth-order valence-electron chi connectivity index (χ4n) is 1.85. The van der Waals surface area contributed by atoms with Crippen molar-refractivity contribution in [2.45, 2.75) is 4.90 Å². The summed E-state index contributed by atoms with van der Waals surface area (Å²) in [5, 5.41) is -0.0172. The zero-order valence-corrected chi connectivity index (χ0v) is 14.0. The van der Waals surface area contributed by atoms with Crippen molar-refractivity contribution < 1.29 is 27.1 Å². The monoisotopic (exact) mass is 370 g/mol. The number of carbonyl (C=O) groups is 2. The van der Waals surface area contributed by atoms with Crippen molar-refractivity contribution in [1.82, 2.24) is 0 Å². The number of ether oxygens (including phenoxy) is 1. The fraction of sp³-hybridized carbons (Fsp3) is 0.125.